The van der Waals surface area contributed by atoms with E-state index in [2.05, 4.69) is 49.4 Å². The van der Waals surface area contributed by atoms with Crippen LogP contribution in [0.25, 0.3) is 11.1 Å². The lowest BCUT2D eigenvalue weighted by Gasteiger charge is -2.22. The van der Waals surface area contributed by atoms with Gasteiger partial charge in [0.25, 0.3) is 0 Å². The maximum absolute atomic E-state index is 9.98. The summed E-state index contributed by atoms with van der Waals surface area (Å²) in [6, 6.07) is 14.9. The van der Waals surface area contributed by atoms with Gasteiger partial charge in [-0.2, -0.15) is 0 Å². The minimum atomic E-state index is -0.264. The fourth-order valence-corrected chi connectivity index (χ4v) is 2.85. The van der Waals surface area contributed by atoms with E-state index in [9.17, 15) is 5.11 Å². The number of rotatable bonds is 1. The van der Waals surface area contributed by atoms with Gasteiger partial charge in [0.2, 0.25) is 0 Å². The van der Waals surface area contributed by atoms with Crippen molar-refractivity contribution in [2.75, 3.05) is 0 Å². The van der Waals surface area contributed by atoms with E-state index in [1.54, 1.807) is 0 Å². The van der Waals surface area contributed by atoms with Gasteiger partial charge in [-0.25, -0.2) is 0 Å². The van der Waals surface area contributed by atoms with Crippen LogP contribution in [0.1, 0.15) is 35.6 Å². The van der Waals surface area contributed by atoms with Crippen molar-refractivity contribution in [3.63, 3.8) is 0 Å². The van der Waals surface area contributed by atoms with Crippen LogP contribution in [0.3, 0.4) is 0 Å². The first-order valence-electron chi connectivity index (χ1n) is 6.62. The van der Waals surface area contributed by atoms with Gasteiger partial charge in [-0.1, -0.05) is 42.5 Å². The molecule has 92 valence electrons. The van der Waals surface area contributed by atoms with E-state index in [1.165, 1.54) is 22.3 Å². The summed E-state index contributed by atoms with van der Waals surface area (Å²) in [5.74, 6) is 0. The van der Waals surface area contributed by atoms with Gasteiger partial charge in [-0.05, 0) is 54.0 Å². The van der Waals surface area contributed by atoms with Crippen molar-refractivity contribution in [1.29, 1.82) is 0 Å². The highest BCUT2D eigenvalue weighted by atomic mass is 16.3. The standard InChI is InChI=1S/C17H18O/c1-12-5-2-3-7-15(12)14-9-10-16-13(11-14)6-4-8-17(16)18/h2-3,5,7,9-11,17-18H,4,6,8H2,1H3. The highest BCUT2D eigenvalue weighted by Crippen LogP contribution is 2.33. The lowest BCUT2D eigenvalue weighted by Crippen LogP contribution is -2.08. The molecule has 1 aliphatic carbocycles. The van der Waals surface area contributed by atoms with E-state index in [0.717, 1.165) is 24.8 Å². The Balaban J connectivity index is 2.08. The molecular formula is C17H18O. The van der Waals surface area contributed by atoms with E-state index in [0.29, 0.717) is 0 Å². The SMILES string of the molecule is Cc1ccccc1-c1ccc2c(c1)CCCC2O. The molecule has 0 aliphatic heterocycles. The zero-order valence-electron chi connectivity index (χ0n) is 10.7. The van der Waals surface area contributed by atoms with Gasteiger partial charge in [0.1, 0.15) is 0 Å². The molecule has 1 aliphatic rings. The molecule has 1 unspecified atom stereocenters. The van der Waals surface area contributed by atoms with Crippen LogP contribution in [0.15, 0.2) is 42.5 Å². The Morgan fingerprint density at radius 1 is 1.11 bits per heavy atom. The molecule has 1 heteroatoms. The highest BCUT2D eigenvalue weighted by molar-refractivity contribution is 5.68. The first-order valence-corrected chi connectivity index (χ1v) is 6.62. The predicted molar refractivity (Wildman–Crippen MR) is 74.5 cm³/mol. The molecule has 2 aromatic carbocycles. The first-order chi connectivity index (χ1) is 8.75. The van der Waals surface area contributed by atoms with Crippen molar-refractivity contribution < 1.29 is 5.11 Å². The van der Waals surface area contributed by atoms with Gasteiger partial charge in [0.05, 0.1) is 6.10 Å². The predicted octanol–water partition coefficient (Wildman–Crippen LogP) is 4.03. The molecule has 2 aromatic rings. The summed E-state index contributed by atoms with van der Waals surface area (Å²) < 4.78 is 0. The highest BCUT2D eigenvalue weighted by Gasteiger charge is 2.18. The van der Waals surface area contributed by atoms with Crippen LogP contribution in [-0.2, 0) is 6.42 Å². The van der Waals surface area contributed by atoms with Crippen LogP contribution in [0.5, 0.6) is 0 Å². The Morgan fingerprint density at radius 3 is 2.78 bits per heavy atom. The van der Waals surface area contributed by atoms with E-state index in [4.69, 9.17) is 0 Å². The largest absolute Gasteiger partial charge is 0.388 e. The van der Waals surface area contributed by atoms with Crippen LogP contribution in [0, 0.1) is 6.92 Å². The van der Waals surface area contributed by atoms with E-state index >= 15 is 0 Å². The van der Waals surface area contributed by atoms with Crippen LogP contribution >= 0.6 is 0 Å². The quantitative estimate of drug-likeness (QED) is 0.795. The van der Waals surface area contributed by atoms with Crippen LogP contribution in [0.4, 0.5) is 0 Å². The maximum Gasteiger partial charge on any atom is 0.0792 e. The number of aryl methyl sites for hydroxylation is 2. The summed E-state index contributed by atoms with van der Waals surface area (Å²) >= 11 is 0. The van der Waals surface area contributed by atoms with E-state index in [-0.39, 0.29) is 6.10 Å². The summed E-state index contributed by atoms with van der Waals surface area (Å²) in [6.45, 7) is 2.14. The Morgan fingerprint density at radius 2 is 1.94 bits per heavy atom. The van der Waals surface area contributed by atoms with Crippen molar-refractivity contribution in [3.8, 4) is 11.1 Å². The van der Waals surface area contributed by atoms with Gasteiger partial charge in [0.15, 0.2) is 0 Å². The lowest BCUT2D eigenvalue weighted by atomic mass is 9.87. The summed E-state index contributed by atoms with van der Waals surface area (Å²) in [7, 11) is 0. The number of benzene rings is 2. The van der Waals surface area contributed by atoms with Crippen LogP contribution in [0.2, 0.25) is 0 Å². The van der Waals surface area contributed by atoms with Crippen molar-refractivity contribution >= 4 is 0 Å². The molecule has 0 radical (unpaired) electrons. The van der Waals surface area contributed by atoms with Gasteiger partial charge in [0, 0.05) is 0 Å². The van der Waals surface area contributed by atoms with Gasteiger partial charge < -0.3 is 5.11 Å². The third-order valence-electron chi connectivity index (χ3n) is 3.88. The summed E-state index contributed by atoms with van der Waals surface area (Å²) in [4.78, 5) is 0. The third kappa shape index (κ3) is 1.95. The molecule has 1 atom stereocenters. The third-order valence-corrected chi connectivity index (χ3v) is 3.88. The number of aliphatic hydroxyl groups is 1. The van der Waals surface area contributed by atoms with Crippen molar-refractivity contribution in [2.24, 2.45) is 0 Å². The average Bonchev–Trinajstić information content (AvgIpc) is 2.39. The maximum atomic E-state index is 9.98. The number of aliphatic hydroxyl groups excluding tert-OH is 1. The number of fused-ring (bicyclic) bond motifs is 1. The second-order valence-corrected chi connectivity index (χ2v) is 5.14. The van der Waals surface area contributed by atoms with Crippen molar-refractivity contribution in [3.05, 3.63) is 59.2 Å². The molecule has 0 spiro atoms. The van der Waals surface area contributed by atoms with Gasteiger partial charge in [-0.15, -0.1) is 0 Å². The Hall–Kier alpha value is -1.60. The van der Waals surface area contributed by atoms with Crippen LogP contribution < -0.4 is 0 Å². The zero-order valence-corrected chi connectivity index (χ0v) is 10.7. The van der Waals surface area contributed by atoms with Crippen molar-refractivity contribution in [1.82, 2.24) is 0 Å². The molecule has 0 aromatic heterocycles. The fraction of sp³-hybridized carbons (Fsp3) is 0.294. The fourth-order valence-electron chi connectivity index (χ4n) is 2.85. The molecule has 3 rings (SSSR count). The molecule has 0 bridgehead atoms. The average molecular weight is 238 g/mol. The van der Waals surface area contributed by atoms with Gasteiger partial charge >= 0.3 is 0 Å². The summed E-state index contributed by atoms with van der Waals surface area (Å²) in [5, 5.41) is 9.98. The molecule has 0 saturated heterocycles. The molecular weight excluding hydrogens is 220 g/mol. The number of hydrogen-bond donors (Lipinski definition) is 1. The minimum Gasteiger partial charge on any atom is -0.388 e. The second-order valence-electron chi connectivity index (χ2n) is 5.14. The summed E-state index contributed by atoms with van der Waals surface area (Å²) in [6.07, 6.45) is 2.81. The smallest absolute Gasteiger partial charge is 0.0792 e. The second kappa shape index (κ2) is 4.58. The van der Waals surface area contributed by atoms with Gasteiger partial charge in [-0.3, -0.25) is 0 Å². The Bertz CT molecular complexity index is 572. The molecule has 1 nitrogen and oxygen atoms in total. The zero-order chi connectivity index (χ0) is 12.5. The van der Waals surface area contributed by atoms with E-state index < -0.39 is 0 Å². The molecule has 1 N–H and O–H groups in total. The monoisotopic (exact) mass is 238 g/mol. The summed E-state index contributed by atoms with van der Waals surface area (Å²) in [5.41, 5.74) is 6.29. The lowest BCUT2D eigenvalue weighted by molar-refractivity contribution is 0.156. The normalized spacial score (nSPS) is 18.4. The number of hydrogen-bond acceptors (Lipinski definition) is 1. The van der Waals surface area contributed by atoms with E-state index in [1.807, 2.05) is 0 Å². The first kappa shape index (κ1) is 11.5. The molecule has 0 saturated carbocycles. The Kier molecular flexibility index (Phi) is 2.92. The minimum absolute atomic E-state index is 0.264. The Labute approximate surface area is 108 Å². The molecule has 0 heterocycles. The van der Waals surface area contributed by atoms with Crippen LogP contribution in [-0.4, -0.2) is 5.11 Å². The molecule has 18 heavy (non-hydrogen) atoms. The molecule has 0 amide bonds. The topological polar surface area (TPSA) is 20.2 Å². The molecule has 0 fully saturated rings. The van der Waals surface area contributed by atoms with Crippen molar-refractivity contribution in [2.45, 2.75) is 32.3 Å².